The predicted molar refractivity (Wildman–Crippen MR) is 79.2 cm³/mol. The van der Waals surface area contributed by atoms with E-state index in [4.69, 9.17) is 5.11 Å². The van der Waals surface area contributed by atoms with E-state index in [0.29, 0.717) is 11.3 Å². The van der Waals surface area contributed by atoms with Crippen molar-refractivity contribution in [3.8, 4) is 0 Å². The van der Waals surface area contributed by atoms with Crippen molar-refractivity contribution >= 4 is 11.9 Å². The second kappa shape index (κ2) is 6.77. The van der Waals surface area contributed by atoms with E-state index in [0.717, 1.165) is 17.0 Å². The van der Waals surface area contributed by atoms with E-state index >= 15 is 0 Å². The highest BCUT2D eigenvalue weighted by Crippen LogP contribution is 2.29. The summed E-state index contributed by atoms with van der Waals surface area (Å²) in [4.78, 5) is 24.5. The fourth-order valence-electron chi connectivity index (χ4n) is 2.23. The molecule has 0 aliphatic carbocycles. The molecule has 8 heteroatoms. The zero-order chi connectivity index (χ0) is 17.9. The fraction of sp³-hybridized carbons (Fsp3) is 0.250. The normalized spacial score (nSPS) is 11.3. The van der Waals surface area contributed by atoms with Crippen molar-refractivity contribution in [1.82, 2.24) is 9.47 Å². The number of halogens is 3. The lowest BCUT2D eigenvalue weighted by Gasteiger charge is -2.21. The van der Waals surface area contributed by atoms with E-state index in [1.807, 2.05) is 0 Å². The molecule has 128 valence electrons. The van der Waals surface area contributed by atoms with Crippen molar-refractivity contribution in [1.29, 1.82) is 0 Å². The Hall–Kier alpha value is -2.77. The van der Waals surface area contributed by atoms with Gasteiger partial charge in [0.15, 0.2) is 0 Å². The largest absolute Gasteiger partial charge is 0.480 e. The van der Waals surface area contributed by atoms with Crippen molar-refractivity contribution in [2.24, 2.45) is 7.05 Å². The van der Waals surface area contributed by atoms with Gasteiger partial charge in [0.1, 0.15) is 12.2 Å². The van der Waals surface area contributed by atoms with Gasteiger partial charge in [0.05, 0.1) is 5.56 Å². The Morgan fingerprint density at radius 1 is 1.17 bits per heavy atom. The molecular formula is C16H15F3N2O3. The number of aliphatic carboxylic acids is 1. The molecule has 1 amide bonds. The Morgan fingerprint density at radius 2 is 1.79 bits per heavy atom. The minimum Gasteiger partial charge on any atom is -0.480 e. The lowest BCUT2D eigenvalue weighted by Crippen LogP contribution is -2.36. The third kappa shape index (κ3) is 4.15. The number of hydrogen-bond donors (Lipinski definition) is 1. The van der Waals surface area contributed by atoms with Gasteiger partial charge in [0, 0.05) is 19.8 Å². The number of nitrogens with zero attached hydrogens (tertiary/aromatic N) is 2. The van der Waals surface area contributed by atoms with Crippen LogP contribution in [0, 0.1) is 0 Å². The van der Waals surface area contributed by atoms with Crippen LogP contribution in [0.15, 0.2) is 42.6 Å². The average molecular weight is 340 g/mol. The topological polar surface area (TPSA) is 62.5 Å². The molecule has 0 saturated carbocycles. The quantitative estimate of drug-likeness (QED) is 0.910. The molecule has 0 atom stereocenters. The van der Waals surface area contributed by atoms with Crippen LogP contribution >= 0.6 is 0 Å². The summed E-state index contributed by atoms with van der Waals surface area (Å²) in [6.07, 6.45) is -2.80. The minimum absolute atomic E-state index is 0.103. The summed E-state index contributed by atoms with van der Waals surface area (Å²) in [6, 6.07) is 7.46. The molecular weight excluding hydrogens is 325 g/mol. The van der Waals surface area contributed by atoms with Crippen LogP contribution in [-0.2, 0) is 24.6 Å². The zero-order valence-corrected chi connectivity index (χ0v) is 12.7. The van der Waals surface area contributed by atoms with Crippen LogP contribution in [0.5, 0.6) is 0 Å². The zero-order valence-electron chi connectivity index (χ0n) is 12.7. The molecule has 2 rings (SSSR count). The maximum atomic E-state index is 12.6. The summed E-state index contributed by atoms with van der Waals surface area (Å²) in [5.74, 6) is -1.71. The summed E-state index contributed by atoms with van der Waals surface area (Å²) >= 11 is 0. The predicted octanol–water partition coefficient (Wildman–Crippen LogP) is 2.77. The Bertz CT molecular complexity index is 736. The van der Waals surface area contributed by atoms with Crippen LogP contribution in [-0.4, -0.2) is 33.0 Å². The number of carbonyl (C=O) groups is 2. The monoisotopic (exact) mass is 340 g/mol. The molecule has 1 aromatic carbocycles. The molecule has 0 aliphatic heterocycles. The van der Waals surface area contributed by atoms with Gasteiger partial charge in [-0.05, 0) is 29.8 Å². The number of aromatic nitrogens is 1. The molecule has 0 aliphatic rings. The Kier molecular flexibility index (Phi) is 4.96. The highest BCUT2D eigenvalue weighted by Gasteiger charge is 2.30. The molecule has 0 fully saturated rings. The van der Waals surface area contributed by atoms with E-state index in [1.54, 1.807) is 29.9 Å². The van der Waals surface area contributed by atoms with Crippen molar-refractivity contribution in [3.63, 3.8) is 0 Å². The van der Waals surface area contributed by atoms with E-state index in [1.165, 1.54) is 12.1 Å². The van der Waals surface area contributed by atoms with Gasteiger partial charge in [-0.2, -0.15) is 13.2 Å². The summed E-state index contributed by atoms with van der Waals surface area (Å²) in [7, 11) is 1.64. The molecule has 1 aromatic heterocycles. The van der Waals surface area contributed by atoms with E-state index < -0.39 is 30.2 Å². The highest BCUT2D eigenvalue weighted by atomic mass is 19.4. The molecule has 1 N–H and O–H groups in total. The summed E-state index contributed by atoms with van der Waals surface area (Å²) in [5.41, 5.74) is -0.0974. The summed E-state index contributed by atoms with van der Waals surface area (Å²) < 4.78 is 39.2. The number of benzene rings is 1. The molecule has 0 bridgehead atoms. The first-order valence-corrected chi connectivity index (χ1v) is 6.97. The van der Waals surface area contributed by atoms with Crippen LogP contribution in [0.2, 0.25) is 0 Å². The lowest BCUT2D eigenvalue weighted by molar-refractivity contribution is -0.138. The number of alkyl halides is 3. The maximum absolute atomic E-state index is 12.6. The van der Waals surface area contributed by atoms with E-state index in [9.17, 15) is 22.8 Å². The van der Waals surface area contributed by atoms with Gasteiger partial charge < -0.3 is 14.6 Å². The number of rotatable bonds is 5. The Morgan fingerprint density at radius 3 is 2.25 bits per heavy atom. The van der Waals surface area contributed by atoms with E-state index in [-0.39, 0.29) is 6.54 Å². The van der Waals surface area contributed by atoms with Gasteiger partial charge in [-0.25, -0.2) is 0 Å². The average Bonchev–Trinajstić information content (AvgIpc) is 2.91. The molecule has 0 radical (unpaired) electrons. The first-order chi connectivity index (χ1) is 11.2. The smallest absolute Gasteiger partial charge is 0.416 e. The highest BCUT2D eigenvalue weighted by molar-refractivity contribution is 5.94. The molecule has 24 heavy (non-hydrogen) atoms. The van der Waals surface area contributed by atoms with Crippen LogP contribution < -0.4 is 0 Å². The van der Waals surface area contributed by atoms with Crippen LogP contribution in [0.25, 0.3) is 0 Å². The van der Waals surface area contributed by atoms with Crippen LogP contribution in [0.1, 0.15) is 21.6 Å². The number of hydrogen-bond acceptors (Lipinski definition) is 2. The lowest BCUT2D eigenvalue weighted by atomic mass is 10.1. The van der Waals surface area contributed by atoms with Gasteiger partial charge in [-0.3, -0.25) is 9.59 Å². The number of carboxylic acid groups (broad SMARTS) is 1. The van der Waals surface area contributed by atoms with Gasteiger partial charge in [-0.15, -0.1) is 0 Å². The van der Waals surface area contributed by atoms with Crippen LogP contribution in [0.3, 0.4) is 0 Å². The number of carbonyl (C=O) groups excluding carboxylic acids is 1. The molecule has 1 heterocycles. The Balaban J connectivity index is 2.21. The Labute approximate surface area is 135 Å². The summed E-state index contributed by atoms with van der Waals surface area (Å²) in [5, 5.41) is 8.98. The molecule has 5 nitrogen and oxygen atoms in total. The second-order valence-electron chi connectivity index (χ2n) is 5.25. The van der Waals surface area contributed by atoms with Gasteiger partial charge in [-0.1, -0.05) is 12.1 Å². The minimum atomic E-state index is -4.45. The van der Waals surface area contributed by atoms with Crippen molar-refractivity contribution in [2.75, 3.05) is 6.54 Å². The maximum Gasteiger partial charge on any atom is 0.416 e. The standard InChI is InChI=1S/C16H15F3N2O3/c1-20-8-2-3-13(20)15(24)21(10-14(22)23)9-11-4-6-12(7-5-11)16(17,18)19/h2-8H,9-10H2,1H3,(H,22,23). The van der Waals surface area contributed by atoms with Crippen molar-refractivity contribution in [3.05, 3.63) is 59.4 Å². The first-order valence-electron chi connectivity index (χ1n) is 6.97. The third-order valence-corrected chi connectivity index (χ3v) is 3.43. The van der Waals surface area contributed by atoms with Crippen molar-refractivity contribution < 1.29 is 27.9 Å². The van der Waals surface area contributed by atoms with Gasteiger partial charge in [0.25, 0.3) is 5.91 Å². The van der Waals surface area contributed by atoms with Gasteiger partial charge in [0.2, 0.25) is 0 Å². The van der Waals surface area contributed by atoms with Gasteiger partial charge >= 0.3 is 12.1 Å². The number of aryl methyl sites for hydroxylation is 1. The molecule has 0 spiro atoms. The van der Waals surface area contributed by atoms with Crippen LogP contribution in [0.4, 0.5) is 13.2 Å². The molecule has 2 aromatic rings. The van der Waals surface area contributed by atoms with Crippen molar-refractivity contribution in [2.45, 2.75) is 12.7 Å². The summed E-state index contributed by atoms with van der Waals surface area (Å²) in [6.45, 7) is -0.653. The van der Waals surface area contributed by atoms with E-state index in [2.05, 4.69) is 0 Å². The SMILES string of the molecule is Cn1cccc1C(=O)N(CC(=O)O)Cc1ccc(C(F)(F)F)cc1. The number of carboxylic acids is 1. The fourth-order valence-corrected chi connectivity index (χ4v) is 2.23. The molecule has 0 saturated heterocycles. The second-order valence-corrected chi connectivity index (χ2v) is 5.25. The third-order valence-electron chi connectivity index (χ3n) is 3.43. The number of amides is 1. The first kappa shape index (κ1) is 17.6. The molecule has 0 unspecified atom stereocenters.